The highest BCUT2D eigenvalue weighted by Crippen LogP contribution is 2.22. The van der Waals surface area contributed by atoms with Crippen LogP contribution >= 0.6 is 0 Å². The highest BCUT2D eigenvalue weighted by atomic mass is 16.3. The van der Waals surface area contributed by atoms with Gasteiger partial charge in [0, 0.05) is 38.6 Å². The van der Waals surface area contributed by atoms with Gasteiger partial charge in [-0.05, 0) is 38.2 Å². The van der Waals surface area contributed by atoms with E-state index in [1.165, 1.54) is 5.56 Å². The molecule has 1 atom stereocenters. The van der Waals surface area contributed by atoms with Crippen molar-refractivity contribution in [2.75, 3.05) is 19.6 Å². The van der Waals surface area contributed by atoms with E-state index < -0.39 is 5.60 Å². The summed E-state index contributed by atoms with van der Waals surface area (Å²) in [5.41, 5.74) is 1.61. The molecule has 144 valence electrons. The molecule has 0 spiro atoms. The van der Waals surface area contributed by atoms with Crippen molar-refractivity contribution in [2.45, 2.75) is 44.8 Å². The first-order valence-corrected chi connectivity index (χ1v) is 9.61. The Balaban J connectivity index is 1.47. The predicted octanol–water partition coefficient (Wildman–Crippen LogP) is 1.86. The summed E-state index contributed by atoms with van der Waals surface area (Å²) >= 11 is 0. The third-order valence-corrected chi connectivity index (χ3v) is 5.00. The van der Waals surface area contributed by atoms with Crippen LogP contribution in [0.25, 0.3) is 0 Å². The van der Waals surface area contributed by atoms with Crippen LogP contribution in [-0.4, -0.2) is 51.1 Å². The largest absolute Gasteiger partial charge is 0.379 e. The van der Waals surface area contributed by atoms with Gasteiger partial charge in [0.1, 0.15) is 0 Å². The maximum absolute atomic E-state index is 12.8. The molecule has 0 bridgehead atoms. The molecule has 1 aliphatic heterocycles. The Morgan fingerprint density at radius 3 is 2.78 bits per heavy atom. The zero-order valence-corrected chi connectivity index (χ0v) is 15.9. The summed E-state index contributed by atoms with van der Waals surface area (Å²) in [6.07, 6.45) is 6.58. The molecular formula is C21H28N4O2. The number of aromatic nitrogens is 2. The first kappa shape index (κ1) is 19.5. The summed E-state index contributed by atoms with van der Waals surface area (Å²) in [6.45, 7) is 4.01. The number of benzene rings is 1. The number of piperidine rings is 1. The van der Waals surface area contributed by atoms with Gasteiger partial charge < -0.3 is 15.3 Å². The van der Waals surface area contributed by atoms with Gasteiger partial charge in [-0.25, -0.2) is 0 Å². The Kier molecular flexibility index (Phi) is 6.53. The summed E-state index contributed by atoms with van der Waals surface area (Å²) in [5.74, 6) is -0.163. The zero-order valence-electron chi connectivity index (χ0n) is 15.9. The average Bonchev–Trinajstić information content (AvgIpc) is 2.68. The average molecular weight is 368 g/mol. The number of rotatable bonds is 8. The van der Waals surface area contributed by atoms with E-state index >= 15 is 0 Å². The van der Waals surface area contributed by atoms with Crippen LogP contribution in [0.1, 0.15) is 36.2 Å². The summed E-state index contributed by atoms with van der Waals surface area (Å²) < 4.78 is 0. The summed E-state index contributed by atoms with van der Waals surface area (Å²) in [7, 11) is 0. The van der Waals surface area contributed by atoms with Gasteiger partial charge >= 0.3 is 0 Å². The number of hydrogen-bond donors (Lipinski definition) is 2. The Morgan fingerprint density at radius 1 is 1.22 bits per heavy atom. The van der Waals surface area contributed by atoms with E-state index in [0.29, 0.717) is 19.5 Å². The summed E-state index contributed by atoms with van der Waals surface area (Å²) in [6, 6.07) is 10.3. The van der Waals surface area contributed by atoms with Gasteiger partial charge in [-0.15, -0.1) is 0 Å². The van der Waals surface area contributed by atoms with Crippen molar-refractivity contribution in [1.29, 1.82) is 0 Å². The molecular weight excluding hydrogens is 340 g/mol. The molecule has 1 unspecified atom stereocenters. The van der Waals surface area contributed by atoms with Crippen LogP contribution in [0.15, 0.2) is 42.7 Å². The number of amides is 1. The molecule has 1 aromatic carbocycles. The smallest absolute Gasteiger partial charge is 0.255 e. The normalized spacial score (nSPS) is 20.1. The van der Waals surface area contributed by atoms with E-state index in [2.05, 4.69) is 27.4 Å². The lowest BCUT2D eigenvalue weighted by atomic mass is 9.91. The van der Waals surface area contributed by atoms with Crippen molar-refractivity contribution in [1.82, 2.24) is 20.2 Å². The SMILES string of the molecule is Cc1cnc(CNCC2(O)CCCN(CCCc3ccccc3)C2=O)cn1. The summed E-state index contributed by atoms with van der Waals surface area (Å²) in [5, 5.41) is 14.0. The topological polar surface area (TPSA) is 78.4 Å². The number of likely N-dealkylation sites (tertiary alicyclic amines) is 1. The van der Waals surface area contributed by atoms with E-state index in [1.54, 1.807) is 17.3 Å². The Morgan fingerprint density at radius 2 is 2.04 bits per heavy atom. The number of nitrogens with one attached hydrogen (secondary N) is 1. The van der Waals surface area contributed by atoms with Gasteiger partial charge in [0.05, 0.1) is 11.4 Å². The van der Waals surface area contributed by atoms with E-state index in [1.807, 2.05) is 25.1 Å². The Hall–Kier alpha value is -2.31. The van der Waals surface area contributed by atoms with Gasteiger partial charge in [0.2, 0.25) is 0 Å². The van der Waals surface area contributed by atoms with Crippen molar-refractivity contribution in [3.8, 4) is 0 Å². The molecule has 2 heterocycles. The Labute approximate surface area is 160 Å². The third kappa shape index (κ3) is 5.34. The molecule has 1 aliphatic rings. The lowest BCUT2D eigenvalue weighted by Crippen LogP contribution is -2.58. The first-order valence-electron chi connectivity index (χ1n) is 9.61. The fourth-order valence-electron chi connectivity index (χ4n) is 3.47. The quantitative estimate of drug-likeness (QED) is 0.744. The van der Waals surface area contributed by atoms with E-state index in [4.69, 9.17) is 0 Å². The highest BCUT2D eigenvalue weighted by molar-refractivity contribution is 5.86. The minimum atomic E-state index is -1.33. The number of carbonyl (C=O) groups is 1. The van der Waals surface area contributed by atoms with E-state index in [9.17, 15) is 9.90 Å². The van der Waals surface area contributed by atoms with Crippen LogP contribution in [0.4, 0.5) is 0 Å². The molecule has 2 N–H and O–H groups in total. The number of nitrogens with zero attached hydrogens (tertiary/aromatic N) is 3. The van der Waals surface area contributed by atoms with E-state index in [0.717, 1.165) is 37.2 Å². The second-order valence-electron chi connectivity index (χ2n) is 7.27. The van der Waals surface area contributed by atoms with Crippen LogP contribution in [-0.2, 0) is 17.8 Å². The van der Waals surface area contributed by atoms with Gasteiger partial charge in [-0.2, -0.15) is 0 Å². The van der Waals surface area contributed by atoms with Crippen LogP contribution in [0.3, 0.4) is 0 Å². The lowest BCUT2D eigenvalue weighted by molar-refractivity contribution is -0.156. The molecule has 0 radical (unpaired) electrons. The molecule has 6 nitrogen and oxygen atoms in total. The first-order chi connectivity index (χ1) is 13.1. The predicted molar refractivity (Wildman–Crippen MR) is 104 cm³/mol. The zero-order chi connectivity index (χ0) is 19.1. The molecule has 1 saturated heterocycles. The molecule has 0 aliphatic carbocycles. The third-order valence-electron chi connectivity index (χ3n) is 5.00. The van der Waals surface area contributed by atoms with Gasteiger partial charge in [-0.1, -0.05) is 30.3 Å². The lowest BCUT2D eigenvalue weighted by Gasteiger charge is -2.38. The second-order valence-corrected chi connectivity index (χ2v) is 7.27. The van der Waals surface area contributed by atoms with Crippen molar-refractivity contribution in [2.24, 2.45) is 0 Å². The number of hydrogen-bond acceptors (Lipinski definition) is 5. The maximum atomic E-state index is 12.8. The van der Waals surface area contributed by atoms with Crippen LogP contribution < -0.4 is 5.32 Å². The fraction of sp³-hybridized carbons (Fsp3) is 0.476. The number of aliphatic hydroxyl groups is 1. The Bertz CT molecular complexity index is 736. The van der Waals surface area contributed by atoms with Crippen molar-refractivity contribution < 1.29 is 9.90 Å². The minimum Gasteiger partial charge on any atom is -0.379 e. The number of aryl methyl sites for hydroxylation is 2. The highest BCUT2D eigenvalue weighted by Gasteiger charge is 2.41. The summed E-state index contributed by atoms with van der Waals surface area (Å²) in [4.78, 5) is 23.1. The molecule has 3 rings (SSSR count). The van der Waals surface area contributed by atoms with Crippen LogP contribution in [0.2, 0.25) is 0 Å². The van der Waals surface area contributed by atoms with Gasteiger partial charge in [0.25, 0.3) is 5.91 Å². The molecule has 1 aromatic heterocycles. The van der Waals surface area contributed by atoms with Crippen molar-refractivity contribution >= 4 is 5.91 Å². The monoisotopic (exact) mass is 368 g/mol. The van der Waals surface area contributed by atoms with Crippen LogP contribution in [0, 0.1) is 6.92 Å². The molecule has 1 fully saturated rings. The van der Waals surface area contributed by atoms with Crippen molar-refractivity contribution in [3.05, 3.63) is 59.7 Å². The standard InChI is InChI=1S/C21H28N4O2/c1-17-13-24-19(15-23-17)14-22-16-21(27)10-6-12-25(20(21)26)11-5-9-18-7-3-2-4-8-18/h2-4,7-8,13,15,22,27H,5-6,9-12,14,16H2,1H3. The molecule has 2 aromatic rings. The number of carbonyl (C=O) groups excluding carboxylic acids is 1. The fourth-order valence-corrected chi connectivity index (χ4v) is 3.47. The van der Waals surface area contributed by atoms with Gasteiger partial charge in [0.15, 0.2) is 5.60 Å². The molecule has 0 saturated carbocycles. The maximum Gasteiger partial charge on any atom is 0.255 e. The molecule has 27 heavy (non-hydrogen) atoms. The van der Waals surface area contributed by atoms with E-state index in [-0.39, 0.29) is 12.5 Å². The minimum absolute atomic E-state index is 0.163. The van der Waals surface area contributed by atoms with Crippen molar-refractivity contribution in [3.63, 3.8) is 0 Å². The molecule has 6 heteroatoms. The van der Waals surface area contributed by atoms with Gasteiger partial charge in [-0.3, -0.25) is 14.8 Å². The molecule has 1 amide bonds. The van der Waals surface area contributed by atoms with Crippen LogP contribution in [0.5, 0.6) is 0 Å². The second kappa shape index (κ2) is 9.06.